The van der Waals surface area contributed by atoms with Crippen molar-refractivity contribution in [3.05, 3.63) is 29.8 Å². The third-order valence-corrected chi connectivity index (χ3v) is 5.66. The van der Waals surface area contributed by atoms with Crippen molar-refractivity contribution in [2.45, 2.75) is 49.5 Å². The van der Waals surface area contributed by atoms with E-state index in [1.54, 1.807) is 11.8 Å². The molecule has 0 spiro atoms. The van der Waals surface area contributed by atoms with Crippen molar-refractivity contribution in [2.24, 2.45) is 5.92 Å². The first kappa shape index (κ1) is 17.3. The van der Waals surface area contributed by atoms with Gasteiger partial charge < -0.3 is 10.2 Å². The van der Waals surface area contributed by atoms with Gasteiger partial charge in [0.2, 0.25) is 5.91 Å². The van der Waals surface area contributed by atoms with Crippen molar-refractivity contribution in [1.29, 1.82) is 0 Å². The highest BCUT2D eigenvalue weighted by atomic mass is 32.2. The molecule has 1 aliphatic carbocycles. The van der Waals surface area contributed by atoms with Gasteiger partial charge in [0.25, 0.3) is 5.91 Å². The molecule has 5 heteroatoms. The molecule has 0 radical (unpaired) electrons. The van der Waals surface area contributed by atoms with E-state index in [0.29, 0.717) is 18.4 Å². The van der Waals surface area contributed by atoms with Crippen molar-refractivity contribution < 1.29 is 9.59 Å². The second-order valence-electron chi connectivity index (χ2n) is 6.84. The van der Waals surface area contributed by atoms with Crippen molar-refractivity contribution in [1.82, 2.24) is 10.2 Å². The zero-order valence-corrected chi connectivity index (χ0v) is 15.1. The molecular weight excluding hydrogens is 320 g/mol. The molecule has 0 unspecified atom stereocenters. The molecule has 1 aromatic carbocycles. The van der Waals surface area contributed by atoms with Crippen LogP contribution in [0.2, 0.25) is 0 Å². The average molecular weight is 346 g/mol. The Morgan fingerprint density at radius 1 is 1.25 bits per heavy atom. The highest BCUT2D eigenvalue weighted by Crippen LogP contribution is 2.26. The van der Waals surface area contributed by atoms with Gasteiger partial charge in [0, 0.05) is 30.4 Å². The van der Waals surface area contributed by atoms with Gasteiger partial charge in [-0.2, -0.15) is 0 Å². The lowest BCUT2D eigenvalue weighted by molar-refractivity contribution is -0.121. The number of benzene rings is 1. The Labute approximate surface area is 148 Å². The molecule has 2 amide bonds. The lowest BCUT2D eigenvalue weighted by atomic mass is 9.92. The summed E-state index contributed by atoms with van der Waals surface area (Å²) in [7, 11) is 0. The zero-order chi connectivity index (χ0) is 16.9. The van der Waals surface area contributed by atoms with Gasteiger partial charge in [-0.15, -0.1) is 11.8 Å². The summed E-state index contributed by atoms with van der Waals surface area (Å²) in [6, 6.07) is 8.25. The molecule has 0 bridgehead atoms. The largest absolute Gasteiger partial charge is 0.353 e. The van der Waals surface area contributed by atoms with Crippen LogP contribution in [0.3, 0.4) is 0 Å². The quantitative estimate of drug-likeness (QED) is 0.804. The van der Waals surface area contributed by atoms with Gasteiger partial charge in [-0.1, -0.05) is 12.1 Å². The van der Waals surface area contributed by atoms with Crippen LogP contribution in [-0.4, -0.2) is 42.1 Å². The number of nitrogens with one attached hydrogen (secondary N) is 1. The lowest BCUT2D eigenvalue weighted by Crippen LogP contribution is -2.40. The Kier molecular flexibility index (Phi) is 5.82. The van der Waals surface area contributed by atoms with Crippen molar-refractivity contribution >= 4 is 23.6 Å². The average Bonchev–Trinajstić information content (AvgIpc) is 3.43. The molecule has 1 aromatic rings. The lowest BCUT2D eigenvalue weighted by Gasteiger charge is -2.33. The first-order valence-corrected chi connectivity index (χ1v) is 10.1. The summed E-state index contributed by atoms with van der Waals surface area (Å²) in [5.74, 6) is 0.745. The Bertz CT molecular complexity index is 601. The molecule has 1 atom stereocenters. The number of carbonyl (C=O) groups excluding carboxylic acids is 2. The minimum Gasteiger partial charge on any atom is -0.353 e. The summed E-state index contributed by atoms with van der Waals surface area (Å²) >= 11 is 1.61. The zero-order valence-electron chi connectivity index (χ0n) is 14.3. The SMILES string of the molecule is CSc1ccccc1C(=O)N1CCC[C@H](CCC(=O)NC2CC2)C1. The fraction of sp³-hybridized carbons (Fsp3) is 0.579. The Hall–Kier alpha value is -1.49. The van der Waals surface area contributed by atoms with E-state index in [2.05, 4.69) is 5.32 Å². The van der Waals surface area contributed by atoms with Gasteiger partial charge >= 0.3 is 0 Å². The first-order valence-electron chi connectivity index (χ1n) is 8.89. The maximum atomic E-state index is 12.9. The van der Waals surface area contributed by atoms with Crippen LogP contribution in [0.15, 0.2) is 29.2 Å². The van der Waals surface area contributed by atoms with Crippen molar-refractivity contribution in [3.63, 3.8) is 0 Å². The van der Waals surface area contributed by atoms with E-state index in [0.717, 1.165) is 55.7 Å². The van der Waals surface area contributed by atoms with Crippen LogP contribution >= 0.6 is 11.8 Å². The smallest absolute Gasteiger partial charge is 0.254 e. The Balaban J connectivity index is 1.54. The van der Waals surface area contributed by atoms with E-state index in [1.165, 1.54) is 0 Å². The molecule has 130 valence electrons. The monoisotopic (exact) mass is 346 g/mol. The van der Waals surface area contributed by atoms with E-state index in [1.807, 2.05) is 35.4 Å². The maximum absolute atomic E-state index is 12.9. The summed E-state index contributed by atoms with van der Waals surface area (Å²) in [4.78, 5) is 27.7. The Morgan fingerprint density at radius 3 is 2.79 bits per heavy atom. The van der Waals surface area contributed by atoms with Crippen molar-refractivity contribution in [2.75, 3.05) is 19.3 Å². The molecule has 1 saturated carbocycles. The number of nitrogens with zero attached hydrogens (tertiary/aromatic N) is 1. The van der Waals surface area contributed by atoms with Gasteiger partial charge in [0.15, 0.2) is 0 Å². The van der Waals surface area contributed by atoms with E-state index < -0.39 is 0 Å². The van der Waals surface area contributed by atoms with Gasteiger partial charge in [-0.05, 0) is 56.4 Å². The molecular formula is C19H26N2O2S. The van der Waals surface area contributed by atoms with E-state index in [4.69, 9.17) is 0 Å². The molecule has 1 N–H and O–H groups in total. The highest BCUT2D eigenvalue weighted by Gasteiger charge is 2.27. The first-order chi connectivity index (χ1) is 11.7. The summed E-state index contributed by atoms with van der Waals surface area (Å²) < 4.78 is 0. The predicted octanol–water partition coefficient (Wildman–Crippen LogP) is 3.32. The number of carbonyl (C=O) groups is 2. The van der Waals surface area contributed by atoms with Crippen LogP contribution in [-0.2, 0) is 4.79 Å². The summed E-state index contributed by atoms with van der Waals surface area (Å²) in [6.07, 6.45) is 7.88. The van der Waals surface area contributed by atoms with Crippen LogP contribution in [0.1, 0.15) is 48.9 Å². The summed E-state index contributed by atoms with van der Waals surface area (Å²) in [5, 5.41) is 3.05. The fourth-order valence-corrected chi connectivity index (χ4v) is 3.93. The molecule has 2 aliphatic rings. The molecule has 4 nitrogen and oxygen atoms in total. The minimum atomic E-state index is 0.132. The van der Waals surface area contributed by atoms with Gasteiger partial charge in [-0.25, -0.2) is 0 Å². The normalized spacial score (nSPS) is 20.7. The molecule has 1 saturated heterocycles. The molecule has 24 heavy (non-hydrogen) atoms. The molecule has 0 aromatic heterocycles. The number of likely N-dealkylation sites (tertiary alicyclic amines) is 1. The Morgan fingerprint density at radius 2 is 2.04 bits per heavy atom. The van der Waals surface area contributed by atoms with E-state index in [9.17, 15) is 9.59 Å². The molecule has 1 aliphatic heterocycles. The molecule has 3 rings (SSSR count). The number of amides is 2. The number of rotatable bonds is 6. The van der Waals surface area contributed by atoms with Crippen LogP contribution in [0.25, 0.3) is 0 Å². The summed E-state index contributed by atoms with van der Waals surface area (Å²) in [6.45, 7) is 1.60. The highest BCUT2D eigenvalue weighted by molar-refractivity contribution is 7.98. The second kappa shape index (κ2) is 8.06. The third-order valence-electron chi connectivity index (χ3n) is 4.87. The number of piperidine rings is 1. The number of hydrogen-bond donors (Lipinski definition) is 1. The standard InChI is InChI=1S/C19H26N2O2S/c1-24-17-7-3-2-6-16(17)19(23)21-12-4-5-14(13-21)8-11-18(22)20-15-9-10-15/h2-3,6-7,14-15H,4-5,8-13H2,1H3,(H,20,22)/t14-/m1/s1. The predicted molar refractivity (Wildman–Crippen MR) is 97.2 cm³/mol. The van der Waals surface area contributed by atoms with Gasteiger partial charge in [0.05, 0.1) is 5.56 Å². The van der Waals surface area contributed by atoms with Crippen molar-refractivity contribution in [3.8, 4) is 0 Å². The van der Waals surface area contributed by atoms with Crippen LogP contribution in [0.4, 0.5) is 0 Å². The maximum Gasteiger partial charge on any atom is 0.254 e. The third kappa shape index (κ3) is 4.53. The van der Waals surface area contributed by atoms with E-state index >= 15 is 0 Å². The number of hydrogen-bond acceptors (Lipinski definition) is 3. The van der Waals surface area contributed by atoms with Gasteiger partial charge in [0.1, 0.15) is 0 Å². The van der Waals surface area contributed by atoms with Crippen LogP contribution < -0.4 is 5.32 Å². The van der Waals surface area contributed by atoms with Gasteiger partial charge in [-0.3, -0.25) is 9.59 Å². The number of thioether (sulfide) groups is 1. The van der Waals surface area contributed by atoms with Crippen LogP contribution in [0, 0.1) is 5.92 Å². The topological polar surface area (TPSA) is 49.4 Å². The summed E-state index contributed by atoms with van der Waals surface area (Å²) in [5.41, 5.74) is 0.803. The fourth-order valence-electron chi connectivity index (χ4n) is 3.34. The molecule has 2 fully saturated rings. The minimum absolute atomic E-state index is 0.132. The van der Waals surface area contributed by atoms with E-state index in [-0.39, 0.29) is 11.8 Å². The molecule has 1 heterocycles. The van der Waals surface area contributed by atoms with Crippen LogP contribution in [0.5, 0.6) is 0 Å². The second-order valence-corrected chi connectivity index (χ2v) is 7.69.